The van der Waals surface area contributed by atoms with Crippen LogP contribution in [0.25, 0.3) is 22.5 Å². The summed E-state index contributed by atoms with van der Waals surface area (Å²) in [6.07, 6.45) is 0. The number of ether oxygens (including phenoxy) is 1. The number of aromatic amines is 1. The van der Waals surface area contributed by atoms with Gasteiger partial charge in [-0.3, -0.25) is 5.10 Å². The largest absolute Gasteiger partial charge is 0.507 e. The average Bonchev–Trinajstić information content (AvgIpc) is 3.26. The van der Waals surface area contributed by atoms with Crippen LogP contribution in [0.4, 0.5) is 4.39 Å². The number of hydrogen-bond donors (Lipinski definition) is 2. The number of aromatic hydroxyl groups is 1. The first kappa shape index (κ1) is 19.1. The second kappa shape index (κ2) is 7.67. The molecule has 0 bridgehead atoms. The zero-order chi connectivity index (χ0) is 20.5. The monoisotopic (exact) mass is 409 g/mol. The Morgan fingerprint density at radius 2 is 1.86 bits per heavy atom. The summed E-state index contributed by atoms with van der Waals surface area (Å²) in [5, 5.41) is 21.1. The topological polar surface area (TPSA) is 71.0 Å². The van der Waals surface area contributed by atoms with Crippen LogP contribution >= 0.6 is 11.3 Å². The van der Waals surface area contributed by atoms with E-state index in [4.69, 9.17) is 4.74 Å². The average molecular weight is 409 g/mol. The number of phenolic OH excluding ortho intramolecular Hbond substituents is 1. The van der Waals surface area contributed by atoms with Crippen LogP contribution in [0.2, 0.25) is 0 Å². The number of hydrogen-bond acceptors (Lipinski definition) is 5. The first-order valence-corrected chi connectivity index (χ1v) is 9.99. The van der Waals surface area contributed by atoms with Crippen molar-refractivity contribution >= 4 is 11.3 Å². The fourth-order valence-electron chi connectivity index (χ4n) is 3.28. The van der Waals surface area contributed by atoms with Gasteiger partial charge >= 0.3 is 0 Å². The van der Waals surface area contributed by atoms with Gasteiger partial charge in [0, 0.05) is 28.3 Å². The van der Waals surface area contributed by atoms with Crippen LogP contribution in [0.1, 0.15) is 21.8 Å². The van der Waals surface area contributed by atoms with Crippen molar-refractivity contribution in [2.24, 2.45) is 0 Å². The van der Waals surface area contributed by atoms with Crippen molar-refractivity contribution in [2.75, 3.05) is 0 Å². The molecule has 5 nitrogen and oxygen atoms in total. The summed E-state index contributed by atoms with van der Waals surface area (Å²) in [5.74, 6) is 0.331. The number of aryl methyl sites for hydroxylation is 3. The zero-order valence-corrected chi connectivity index (χ0v) is 17.1. The molecule has 2 heterocycles. The third kappa shape index (κ3) is 3.86. The Hall–Kier alpha value is -3.19. The SMILES string of the molecule is Cc1nc(-c2c(-c3c(C)cc(OCc4ccc(F)cc4)cc3O)n[nH]c2C)cs1. The van der Waals surface area contributed by atoms with Crippen molar-refractivity contribution in [3.8, 4) is 34.0 Å². The molecule has 2 N–H and O–H groups in total. The lowest BCUT2D eigenvalue weighted by Gasteiger charge is -2.12. The standard InChI is InChI=1S/C22H20FN3O2S/c1-12-8-17(28-10-15-4-6-16(23)7-5-15)9-19(27)20(12)22-21(13(2)25-26-22)18-11-29-14(3)24-18/h4-9,11,27H,10H2,1-3H3,(H,25,26). The van der Waals surface area contributed by atoms with Crippen molar-refractivity contribution in [2.45, 2.75) is 27.4 Å². The van der Waals surface area contributed by atoms with E-state index in [1.165, 1.54) is 12.1 Å². The van der Waals surface area contributed by atoms with E-state index in [9.17, 15) is 9.50 Å². The Kier molecular flexibility index (Phi) is 5.07. The predicted molar refractivity (Wildman–Crippen MR) is 112 cm³/mol. The Morgan fingerprint density at radius 3 is 2.52 bits per heavy atom. The molecular formula is C22H20FN3O2S. The van der Waals surface area contributed by atoms with E-state index in [2.05, 4.69) is 15.2 Å². The number of nitrogens with zero attached hydrogens (tertiary/aromatic N) is 2. The van der Waals surface area contributed by atoms with E-state index in [1.807, 2.05) is 32.2 Å². The Morgan fingerprint density at radius 1 is 1.10 bits per heavy atom. The van der Waals surface area contributed by atoms with Gasteiger partial charge in [0.2, 0.25) is 0 Å². The molecule has 0 atom stereocenters. The highest BCUT2D eigenvalue weighted by Gasteiger charge is 2.21. The highest BCUT2D eigenvalue weighted by Crippen LogP contribution is 2.41. The quantitative estimate of drug-likeness (QED) is 0.453. The molecule has 2 aromatic heterocycles. The van der Waals surface area contributed by atoms with E-state index in [0.717, 1.165) is 33.1 Å². The molecule has 0 saturated carbocycles. The first-order valence-electron chi connectivity index (χ1n) is 9.11. The van der Waals surface area contributed by atoms with Crippen LogP contribution in [0.5, 0.6) is 11.5 Å². The maximum Gasteiger partial charge on any atom is 0.129 e. The number of H-pyrrole nitrogens is 1. The van der Waals surface area contributed by atoms with Gasteiger partial charge < -0.3 is 9.84 Å². The first-order chi connectivity index (χ1) is 13.9. The molecule has 0 fully saturated rings. The van der Waals surface area contributed by atoms with Gasteiger partial charge in [-0.05, 0) is 50.1 Å². The third-order valence-corrected chi connectivity index (χ3v) is 5.44. The van der Waals surface area contributed by atoms with Gasteiger partial charge in [-0.25, -0.2) is 9.37 Å². The maximum atomic E-state index is 13.0. The number of thiazole rings is 1. The highest BCUT2D eigenvalue weighted by atomic mass is 32.1. The predicted octanol–water partition coefficient (Wildman–Crippen LogP) is 5.55. The van der Waals surface area contributed by atoms with E-state index in [-0.39, 0.29) is 18.2 Å². The molecule has 7 heteroatoms. The maximum absolute atomic E-state index is 13.0. The minimum atomic E-state index is -0.285. The molecule has 0 aliphatic rings. The smallest absolute Gasteiger partial charge is 0.129 e. The molecule has 4 aromatic rings. The minimum absolute atomic E-state index is 0.0822. The number of nitrogens with one attached hydrogen (secondary N) is 1. The fourth-order valence-corrected chi connectivity index (χ4v) is 3.88. The van der Waals surface area contributed by atoms with Crippen LogP contribution in [-0.4, -0.2) is 20.3 Å². The molecule has 0 saturated heterocycles. The highest BCUT2D eigenvalue weighted by molar-refractivity contribution is 7.09. The van der Waals surface area contributed by atoms with Crippen LogP contribution in [0.15, 0.2) is 41.8 Å². The normalized spacial score (nSPS) is 11.0. The van der Waals surface area contributed by atoms with Crippen LogP contribution in [-0.2, 0) is 6.61 Å². The molecule has 0 spiro atoms. The summed E-state index contributed by atoms with van der Waals surface area (Å²) in [6, 6.07) is 9.57. The van der Waals surface area contributed by atoms with Gasteiger partial charge in [0.05, 0.1) is 10.7 Å². The van der Waals surface area contributed by atoms with Gasteiger partial charge in [0.15, 0.2) is 0 Å². The minimum Gasteiger partial charge on any atom is -0.507 e. The summed E-state index contributed by atoms with van der Waals surface area (Å²) in [7, 11) is 0. The number of aromatic nitrogens is 3. The van der Waals surface area contributed by atoms with Crippen LogP contribution in [0, 0.1) is 26.6 Å². The summed E-state index contributed by atoms with van der Waals surface area (Å²) in [5.41, 5.74) is 5.59. The third-order valence-electron chi connectivity index (χ3n) is 4.67. The number of benzene rings is 2. The van der Waals surface area contributed by atoms with Crippen molar-refractivity contribution in [1.29, 1.82) is 0 Å². The molecule has 148 valence electrons. The second-order valence-corrected chi connectivity index (χ2v) is 7.94. The van der Waals surface area contributed by atoms with Crippen molar-refractivity contribution in [3.63, 3.8) is 0 Å². The number of phenols is 1. The second-order valence-electron chi connectivity index (χ2n) is 6.87. The molecule has 0 aliphatic carbocycles. The summed E-state index contributed by atoms with van der Waals surface area (Å²) >= 11 is 1.57. The van der Waals surface area contributed by atoms with E-state index < -0.39 is 0 Å². The molecular weight excluding hydrogens is 389 g/mol. The molecule has 0 radical (unpaired) electrons. The molecule has 29 heavy (non-hydrogen) atoms. The van der Waals surface area contributed by atoms with Gasteiger partial charge in [-0.2, -0.15) is 5.10 Å². The van der Waals surface area contributed by atoms with Gasteiger partial charge in [-0.15, -0.1) is 11.3 Å². The van der Waals surface area contributed by atoms with E-state index in [1.54, 1.807) is 29.5 Å². The molecule has 4 rings (SSSR count). The lowest BCUT2D eigenvalue weighted by molar-refractivity contribution is 0.304. The van der Waals surface area contributed by atoms with Crippen LogP contribution < -0.4 is 4.74 Å². The summed E-state index contributed by atoms with van der Waals surface area (Å²) < 4.78 is 18.8. The molecule has 0 unspecified atom stereocenters. The zero-order valence-electron chi connectivity index (χ0n) is 16.3. The van der Waals surface area contributed by atoms with Crippen LogP contribution in [0.3, 0.4) is 0 Å². The van der Waals surface area contributed by atoms with E-state index >= 15 is 0 Å². The Bertz CT molecular complexity index is 1140. The van der Waals surface area contributed by atoms with Crippen molar-refractivity contribution in [1.82, 2.24) is 15.2 Å². The van der Waals surface area contributed by atoms with Gasteiger partial charge in [0.1, 0.15) is 29.6 Å². The Labute approximate surface area is 171 Å². The molecule has 2 aromatic carbocycles. The molecule has 0 amide bonds. The van der Waals surface area contributed by atoms with E-state index in [0.29, 0.717) is 17.0 Å². The number of halogens is 1. The van der Waals surface area contributed by atoms with Gasteiger partial charge in [0.25, 0.3) is 0 Å². The Balaban J connectivity index is 1.66. The molecule has 0 aliphatic heterocycles. The number of rotatable bonds is 5. The fraction of sp³-hybridized carbons (Fsp3) is 0.182. The van der Waals surface area contributed by atoms with Crippen molar-refractivity contribution < 1.29 is 14.2 Å². The summed E-state index contributed by atoms with van der Waals surface area (Å²) in [6.45, 7) is 6.08. The summed E-state index contributed by atoms with van der Waals surface area (Å²) in [4.78, 5) is 4.57. The van der Waals surface area contributed by atoms with Gasteiger partial charge in [-0.1, -0.05) is 12.1 Å². The van der Waals surface area contributed by atoms with Crippen molar-refractivity contribution in [3.05, 3.63) is 69.4 Å². The lowest BCUT2D eigenvalue weighted by atomic mass is 9.98. The lowest BCUT2D eigenvalue weighted by Crippen LogP contribution is -1.97.